The van der Waals surface area contributed by atoms with Crippen molar-refractivity contribution in [2.24, 2.45) is 0 Å². The van der Waals surface area contributed by atoms with Gasteiger partial charge in [0.1, 0.15) is 5.82 Å². The third-order valence-electron chi connectivity index (χ3n) is 3.85. The number of aromatic nitrogens is 2. The Morgan fingerprint density at radius 3 is 3.09 bits per heavy atom. The number of carbonyl (C=O) groups is 1. The van der Waals surface area contributed by atoms with Crippen molar-refractivity contribution in [3.63, 3.8) is 0 Å². The van der Waals surface area contributed by atoms with E-state index in [1.807, 2.05) is 26.0 Å². The molecular weight excluding hydrogens is 304 g/mol. The Morgan fingerprint density at radius 2 is 2.36 bits per heavy atom. The third kappa shape index (κ3) is 3.18. The van der Waals surface area contributed by atoms with Crippen molar-refractivity contribution >= 4 is 28.7 Å². The van der Waals surface area contributed by atoms with E-state index in [1.165, 1.54) is 0 Å². The summed E-state index contributed by atoms with van der Waals surface area (Å²) in [6.45, 7) is 5.08. The first-order valence-electron chi connectivity index (χ1n) is 7.27. The molecule has 2 heterocycles. The number of hydrogen-bond donors (Lipinski definition) is 3. The van der Waals surface area contributed by atoms with Crippen LogP contribution in [0.3, 0.4) is 0 Å². The van der Waals surface area contributed by atoms with E-state index in [-0.39, 0.29) is 17.6 Å². The van der Waals surface area contributed by atoms with E-state index in [0.29, 0.717) is 24.1 Å². The molecule has 6 nitrogen and oxygen atoms in total. The molecule has 22 heavy (non-hydrogen) atoms. The Morgan fingerprint density at radius 1 is 1.55 bits per heavy atom. The van der Waals surface area contributed by atoms with Gasteiger partial charge in [0.05, 0.1) is 29.2 Å². The van der Waals surface area contributed by atoms with E-state index in [4.69, 9.17) is 16.3 Å². The van der Waals surface area contributed by atoms with E-state index in [2.05, 4.69) is 20.6 Å². The van der Waals surface area contributed by atoms with Gasteiger partial charge in [0.25, 0.3) is 0 Å². The molecule has 2 unspecified atom stereocenters. The number of rotatable bonds is 3. The van der Waals surface area contributed by atoms with Gasteiger partial charge in [-0.2, -0.15) is 0 Å². The zero-order valence-corrected chi connectivity index (χ0v) is 13.3. The van der Waals surface area contributed by atoms with Crippen LogP contribution in [-0.2, 0) is 4.74 Å². The normalized spacial score (nSPS) is 22.7. The van der Waals surface area contributed by atoms with Crippen molar-refractivity contribution in [3.8, 4) is 0 Å². The lowest BCUT2D eigenvalue weighted by molar-refractivity contribution is 0.170. The topological polar surface area (TPSA) is 79.0 Å². The molecule has 3 N–H and O–H groups in total. The summed E-state index contributed by atoms with van der Waals surface area (Å²) in [5.74, 6) is 0.695. The monoisotopic (exact) mass is 322 g/mol. The first kappa shape index (κ1) is 15.1. The van der Waals surface area contributed by atoms with Crippen molar-refractivity contribution in [3.05, 3.63) is 29.0 Å². The minimum Gasteiger partial charge on any atom is -0.379 e. The lowest BCUT2D eigenvalue weighted by Crippen LogP contribution is -2.51. The molecule has 2 amide bonds. The average molecular weight is 323 g/mol. The summed E-state index contributed by atoms with van der Waals surface area (Å²) in [7, 11) is 0. The molecule has 1 saturated heterocycles. The van der Waals surface area contributed by atoms with Crippen LogP contribution in [0, 0.1) is 0 Å². The lowest BCUT2D eigenvalue weighted by Gasteiger charge is -2.24. The molecule has 0 aliphatic carbocycles. The van der Waals surface area contributed by atoms with E-state index in [1.54, 1.807) is 6.07 Å². The summed E-state index contributed by atoms with van der Waals surface area (Å²) < 4.78 is 5.33. The first-order valence-corrected chi connectivity index (χ1v) is 7.65. The molecule has 1 aromatic carbocycles. The number of urea groups is 1. The van der Waals surface area contributed by atoms with Gasteiger partial charge in [-0.05, 0) is 38.5 Å². The van der Waals surface area contributed by atoms with Crippen molar-refractivity contribution in [1.29, 1.82) is 0 Å². The average Bonchev–Trinajstić information content (AvgIpc) is 3.04. The third-order valence-corrected chi connectivity index (χ3v) is 4.09. The highest BCUT2D eigenvalue weighted by molar-refractivity contribution is 6.31. The van der Waals surface area contributed by atoms with Crippen LogP contribution in [0.1, 0.15) is 32.1 Å². The van der Waals surface area contributed by atoms with Gasteiger partial charge in [-0.1, -0.05) is 11.6 Å². The van der Waals surface area contributed by atoms with Crippen molar-refractivity contribution in [2.75, 3.05) is 13.2 Å². The second-order valence-corrected chi connectivity index (χ2v) is 6.40. The number of halogens is 1. The van der Waals surface area contributed by atoms with Crippen LogP contribution < -0.4 is 10.6 Å². The number of hydrogen-bond acceptors (Lipinski definition) is 3. The standard InChI is InChI=1S/C15H19ClN4O2/c1-9(17-14(21)20-15(2)5-6-22-8-15)13-18-11-4-3-10(16)7-12(11)19-13/h3-4,7,9H,5-6,8H2,1-2H3,(H,18,19)(H2,17,20,21). The van der Waals surface area contributed by atoms with Crippen LogP contribution >= 0.6 is 11.6 Å². The Kier molecular flexibility index (Phi) is 3.97. The van der Waals surface area contributed by atoms with Crippen molar-refractivity contribution in [1.82, 2.24) is 20.6 Å². The SMILES string of the molecule is CC(NC(=O)NC1(C)CCOC1)c1nc2ccc(Cl)cc2[nH]1. The second kappa shape index (κ2) is 5.78. The summed E-state index contributed by atoms with van der Waals surface area (Å²) in [6.07, 6.45) is 0.817. The molecule has 1 aromatic heterocycles. The van der Waals surface area contributed by atoms with Crippen LogP contribution in [0.15, 0.2) is 18.2 Å². The molecule has 1 aliphatic rings. The minimum absolute atomic E-state index is 0.223. The van der Waals surface area contributed by atoms with E-state index in [0.717, 1.165) is 17.5 Å². The number of nitrogens with one attached hydrogen (secondary N) is 3. The first-order chi connectivity index (χ1) is 10.5. The summed E-state index contributed by atoms with van der Waals surface area (Å²) in [5, 5.41) is 6.50. The van der Waals surface area contributed by atoms with Crippen LogP contribution in [0.25, 0.3) is 11.0 Å². The number of fused-ring (bicyclic) bond motifs is 1. The minimum atomic E-state index is -0.300. The Balaban J connectivity index is 1.67. The lowest BCUT2D eigenvalue weighted by atomic mass is 10.0. The van der Waals surface area contributed by atoms with Crippen molar-refractivity contribution in [2.45, 2.75) is 31.8 Å². The summed E-state index contributed by atoms with van der Waals surface area (Å²) in [5.41, 5.74) is 1.38. The predicted octanol–water partition coefficient (Wildman–Crippen LogP) is 2.76. The maximum atomic E-state index is 12.1. The van der Waals surface area contributed by atoms with Crippen LogP contribution in [0.4, 0.5) is 4.79 Å². The molecule has 2 aromatic rings. The quantitative estimate of drug-likeness (QED) is 0.813. The maximum Gasteiger partial charge on any atom is 0.315 e. The molecule has 3 rings (SSSR count). The molecule has 2 atom stereocenters. The Hall–Kier alpha value is -1.79. The molecular formula is C15H19ClN4O2. The highest BCUT2D eigenvalue weighted by atomic mass is 35.5. The molecule has 0 radical (unpaired) electrons. The number of imidazole rings is 1. The van der Waals surface area contributed by atoms with E-state index < -0.39 is 0 Å². The van der Waals surface area contributed by atoms with Gasteiger partial charge >= 0.3 is 6.03 Å². The fourth-order valence-corrected chi connectivity index (χ4v) is 2.72. The smallest absolute Gasteiger partial charge is 0.315 e. The van der Waals surface area contributed by atoms with Gasteiger partial charge < -0.3 is 20.4 Å². The molecule has 7 heteroatoms. The number of benzene rings is 1. The van der Waals surface area contributed by atoms with Crippen LogP contribution in [0.2, 0.25) is 5.02 Å². The largest absolute Gasteiger partial charge is 0.379 e. The number of carbonyl (C=O) groups excluding carboxylic acids is 1. The number of nitrogens with zero attached hydrogens (tertiary/aromatic N) is 1. The van der Waals surface area contributed by atoms with Gasteiger partial charge in [0, 0.05) is 11.6 Å². The summed E-state index contributed by atoms with van der Waals surface area (Å²) in [4.78, 5) is 19.8. The van der Waals surface area contributed by atoms with Gasteiger partial charge in [0.2, 0.25) is 0 Å². The number of amides is 2. The number of ether oxygens (including phenoxy) is 1. The predicted molar refractivity (Wildman–Crippen MR) is 85.0 cm³/mol. The van der Waals surface area contributed by atoms with Crippen LogP contribution in [-0.4, -0.2) is 34.8 Å². The highest BCUT2D eigenvalue weighted by Gasteiger charge is 2.31. The fraction of sp³-hybridized carbons (Fsp3) is 0.467. The van der Waals surface area contributed by atoms with Gasteiger partial charge in [0.15, 0.2) is 0 Å². The fourth-order valence-electron chi connectivity index (χ4n) is 2.55. The number of aromatic amines is 1. The highest BCUT2D eigenvalue weighted by Crippen LogP contribution is 2.20. The molecule has 1 fully saturated rings. The van der Waals surface area contributed by atoms with Gasteiger partial charge in [-0.3, -0.25) is 0 Å². The van der Waals surface area contributed by atoms with E-state index >= 15 is 0 Å². The second-order valence-electron chi connectivity index (χ2n) is 5.97. The Labute approximate surface area is 133 Å². The number of H-pyrrole nitrogens is 1. The molecule has 118 valence electrons. The van der Waals surface area contributed by atoms with Crippen molar-refractivity contribution < 1.29 is 9.53 Å². The summed E-state index contributed by atoms with van der Waals surface area (Å²) in [6, 6.07) is 5.00. The van der Waals surface area contributed by atoms with Gasteiger partial charge in [-0.25, -0.2) is 9.78 Å². The maximum absolute atomic E-state index is 12.1. The molecule has 0 spiro atoms. The summed E-state index contributed by atoms with van der Waals surface area (Å²) >= 11 is 5.96. The zero-order valence-electron chi connectivity index (χ0n) is 12.6. The molecule has 0 bridgehead atoms. The Bertz CT molecular complexity index is 694. The zero-order chi connectivity index (χ0) is 15.7. The van der Waals surface area contributed by atoms with Gasteiger partial charge in [-0.15, -0.1) is 0 Å². The van der Waals surface area contributed by atoms with Crippen LogP contribution in [0.5, 0.6) is 0 Å². The van der Waals surface area contributed by atoms with E-state index in [9.17, 15) is 4.79 Å². The molecule has 0 saturated carbocycles. The molecule has 1 aliphatic heterocycles.